The molecule has 0 N–H and O–H groups in total. The minimum absolute atomic E-state index is 0.565. The Morgan fingerprint density at radius 3 is 2.63 bits per heavy atom. The molecule has 5 atom stereocenters. The zero-order valence-corrected chi connectivity index (χ0v) is 16.4. The van der Waals surface area contributed by atoms with E-state index in [1.165, 1.54) is 43.0 Å². The first-order valence-corrected chi connectivity index (χ1v) is 12.5. The first-order valence-electron chi connectivity index (χ1n) is 8.20. The SMILES string of the molecule is CC(CI)[C@@H]1CCCC2C(O[SiH](C)C)CCCC21C. The minimum atomic E-state index is -0.895. The zero-order chi connectivity index (χ0) is 14.0. The van der Waals surface area contributed by atoms with E-state index < -0.39 is 9.04 Å². The van der Waals surface area contributed by atoms with Crippen molar-refractivity contribution in [3.63, 3.8) is 0 Å². The van der Waals surface area contributed by atoms with Crippen LogP contribution >= 0.6 is 22.6 Å². The summed E-state index contributed by atoms with van der Waals surface area (Å²) in [6.45, 7) is 9.74. The third-order valence-corrected chi connectivity index (χ3v) is 8.04. The van der Waals surface area contributed by atoms with Crippen LogP contribution in [0.2, 0.25) is 13.1 Å². The van der Waals surface area contributed by atoms with Crippen molar-refractivity contribution < 1.29 is 4.43 Å². The molecule has 0 amide bonds. The summed E-state index contributed by atoms with van der Waals surface area (Å²) in [5.74, 6) is 2.66. The van der Waals surface area contributed by atoms with Gasteiger partial charge in [-0.25, -0.2) is 0 Å². The van der Waals surface area contributed by atoms with Crippen LogP contribution in [0.15, 0.2) is 0 Å². The molecule has 0 aliphatic heterocycles. The van der Waals surface area contributed by atoms with E-state index in [2.05, 4.69) is 49.5 Å². The summed E-state index contributed by atoms with van der Waals surface area (Å²) in [4.78, 5) is 0. The minimum Gasteiger partial charge on any atom is -0.417 e. The first-order chi connectivity index (χ1) is 8.99. The van der Waals surface area contributed by atoms with E-state index in [1.807, 2.05) is 0 Å². The average molecular weight is 394 g/mol. The van der Waals surface area contributed by atoms with Crippen LogP contribution in [0, 0.1) is 23.2 Å². The molecule has 112 valence electrons. The molecule has 0 spiro atoms. The maximum atomic E-state index is 6.42. The number of hydrogen-bond donors (Lipinski definition) is 0. The fourth-order valence-corrected chi connectivity index (χ4v) is 6.55. The van der Waals surface area contributed by atoms with Gasteiger partial charge in [0.25, 0.3) is 0 Å². The van der Waals surface area contributed by atoms with Gasteiger partial charge in [-0.2, -0.15) is 0 Å². The lowest BCUT2D eigenvalue weighted by Gasteiger charge is -2.55. The number of rotatable bonds is 4. The van der Waals surface area contributed by atoms with Crippen LogP contribution in [-0.2, 0) is 4.43 Å². The Morgan fingerprint density at radius 1 is 1.26 bits per heavy atom. The molecule has 2 saturated carbocycles. The molecule has 4 unspecified atom stereocenters. The Morgan fingerprint density at radius 2 is 2.00 bits per heavy atom. The number of alkyl halides is 1. The Balaban J connectivity index is 2.17. The molecule has 1 nitrogen and oxygen atoms in total. The summed E-state index contributed by atoms with van der Waals surface area (Å²) in [5.41, 5.74) is 0.565. The molecule has 0 bridgehead atoms. The molecule has 0 radical (unpaired) electrons. The Kier molecular flexibility index (Phi) is 5.81. The van der Waals surface area contributed by atoms with Gasteiger partial charge in [-0.3, -0.25) is 0 Å². The van der Waals surface area contributed by atoms with E-state index in [9.17, 15) is 0 Å². The fourth-order valence-electron chi connectivity index (χ4n) is 4.91. The first kappa shape index (κ1) is 16.3. The monoisotopic (exact) mass is 394 g/mol. The second-order valence-electron chi connectivity index (χ2n) is 7.40. The summed E-state index contributed by atoms with van der Waals surface area (Å²) in [7, 11) is -0.895. The van der Waals surface area contributed by atoms with E-state index in [-0.39, 0.29) is 0 Å². The highest BCUT2D eigenvalue weighted by Crippen LogP contribution is 2.56. The standard InChI is InChI=1S/C16H31IOSi/c1-12(11-17)13-7-5-8-14-15(18-19(3)4)9-6-10-16(13,14)2/h12-15,19H,5-11H2,1-4H3/t12?,13-,14?,15?,16?/m0/s1. The highest BCUT2D eigenvalue weighted by molar-refractivity contribution is 14.1. The van der Waals surface area contributed by atoms with Crippen molar-refractivity contribution in [3.8, 4) is 0 Å². The van der Waals surface area contributed by atoms with Gasteiger partial charge in [0, 0.05) is 10.5 Å². The Bertz CT molecular complexity index is 296. The van der Waals surface area contributed by atoms with Gasteiger partial charge in [0.2, 0.25) is 0 Å². The van der Waals surface area contributed by atoms with Gasteiger partial charge in [0.15, 0.2) is 9.04 Å². The molecule has 0 heterocycles. The smallest absolute Gasteiger partial charge is 0.171 e. The number of halogens is 1. The quantitative estimate of drug-likeness (QED) is 0.369. The largest absolute Gasteiger partial charge is 0.417 e. The molecular formula is C16H31IOSi. The van der Waals surface area contributed by atoms with E-state index >= 15 is 0 Å². The van der Waals surface area contributed by atoms with E-state index in [4.69, 9.17) is 4.43 Å². The van der Waals surface area contributed by atoms with Crippen LogP contribution in [0.5, 0.6) is 0 Å². The zero-order valence-electron chi connectivity index (χ0n) is 13.1. The van der Waals surface area contributed by atoms with Crippen LogP contribution in [0.25, 0.3) is 0 Å². The lowest BCUT2D eigenvalue weighted by atomic mass is 9.52. The van der Waals surface area contributed by atoms with Crippen molar-refractivity contribution in [1.82, 2.24) is 0 Å². The second kappa shape index (κ2) is 6.78. The molecule has 19 heavy (non-hydrogen) atoms. The van der Waals surface area contributed by atoms with Crippen molar-refractivity contribution in [2.24, 2.45) is 23.2 Å². The summed E-state index contributed by atoms with van der Waals surface area (Å²) in [5, 5.41) is 0. The van der Waals surface area contributed by atoms with E-state index in [0.717, 1.165) is 17.8 Å². The maximum Gasteiger partial charge on any atom is 0.171 e. The predicted octanol–water partition coefficient (Wildman–Crippen LogP) is 5.03. The Hall–Kier alpha value is 0.907. The van der Waals surface area contributed by atoms with Gasteiger partial charge in [-0.1, -0.05) is 49.3 Å². The van der Waals surface area contributed by atoms with Crippen LogP contribution < -0.4 is 0 Å². The van der Waals surface area contributed by atoms with Gasteiger partial charge in [-0.15, -0.1) is 0 Å². The molecule has 3 heteroatoms. The van der Waals surface area contributed by atoms with Gasteiger partial charge in [-0.05, 0) is 61.9 Å². The predicted molar refractivity (Wildman–Crippen MR) is 94.6 cm³/mol. The number of hydrogen-bond acceptors (Lipinski definition) is 1. The summed E-state index contributed by atoms with van der Waals surface area (Å²) in [6, 6.07) is 0. The molecule has 0 saturated heterocycles. The Labute approximate surface area is 135 Å². The lowest BCUT2D eigenvalue weighted by molar-refractivity contribution is -0.0805. The molecule has 2 aliphatic rings. The van der Waals surface area contributed by atoms with Gasteiger partial charge >= 0.3 is 0 Å². The van der Waals surface area contributed by atoms with Crippen LogP contribution in [0.4, 0.5) is 0 Å². The molecule has 0 aromatic heterocycles. The van der Waals surface area contributed by atoms with Gasteiger partial charge in [0.05, 0.1) is 0 Å². The maximum absolute atomic E-state index is 6.42. The van der Waals surface area contributed by atoms with Gasteiger partial charge < -0.3 is 4.43 Å². The molecule has 0 aromatic rings. The van der Waals surface area contributed by atoms with Crippen LogP contribution in [0.3, 0.4) is 0 Å². The highest BCUT2D eigenvalue weighted by Gasteiger charge is 2.50. The number of fused-ring (bicyclic) bond motifs is 1. The molecular weight excluding hydrogens is 363 g/mol. The van der Waals surface area contributed by atoms with Crippen molar-refractivity contribution >= 4 is 31.6 Å². The van der Waals surface area contributed by atoms with Crippen molar-refractivity contribution in [3.05, 3.63) is 0 Å². The fraction of sp³-hybridized carbons (Fsp3) is 1.00. The molecule has 2 rings (SSSR count). The lowest BCUT2D eigenvalue weighted by Crippen LogP contribution is -2.51. The normalized spacial score (nSPS) is 41.1. The third-order valence-electron chi connectivity index (χ3n) is 5.75. The van der Waals surface area contributed by atoms with E-state index in [1.54, 1.807) is 0 Å². The van der Waals surface area contributed by atoms with Crippen LogP contribution in [-0.4, -0.2) is 19.6 Å². The van der Waals surface area contributed by atoms with Crippen molar-refractivity contribution in [1.29, 1.82) is 0 Å². The van der Waals surface area contributed by atoms with Crippen molar-refractivity contribution in [2.75, 3.05) is 4.43 Å². The van der Waals surface area contributed by atoms with Crippen molar-refractivity contribution in [2.45, 2.75) is 71.6 Å². The average Bonchev–Trinajstić information content (AvgIpc) is 2.36. The summed E-state index contributed by atoms with van der Waals surface area (Å²) >= 11 is 2.59. The van der Waals surface area contributed by atoms with Crippen LogP contribution in [0.1, 0.15) is 52.4 Å². The van der Waals surface area contributed by atoms with Gasteiger partial charge in [0.1, 0.15) is 0 Å². The third kappa shape index (κ3) is 3.39. The molecule has 2 fully saturated rings. The molecule has 0 aromatic carbocycles. The summed E-state index contributed by atoms with van der Waals surface area (Å²) < 4.78 is 7.74. The molecule has 2 aliphatic carbocycles. The summed E-state index contributed by atoms with van der Waals surface area (Å²) in [6.07, 6.45) is 9.08. The highest BCUT2D eigenvalue weighted by atomic mass is 127. The topological polar surface area (TPSA) is 9.23 Å². The van der Waals surface area contributed by atoms with E-state index in [0.29, 0.717) is 11.5 Å². The second-order valence-corrected chi connectivity index (χ2v) is 10.6.